The summed E-state index contributed by atoms with van der Waals surface area (Å²) in [5, 5.41) is 4.02. The molecule has 0 unspecified atom stereocenters. The normalized spacial score (nSPS) is 16.0. The first kappa shape index (κ1) is 15.2. The van der Waals surface area contributed by atoms with Gasteiger partial charge in [0.2, 0.25) is 0 Å². The highest BCUT2D eigenvalue weighted by Gasteiger charge is 2.25. The number of aryl methyl sites for hydroxylation is 1. The highest BCUT2D eigenvalue weighted by atomic mass is 35.5. The van der Waals surface area contributed by atoms with Crippen molar-refractivity contribution in [1.82, 2.24) is 9.55 Å². The van der Waals surface area contributed by atoms with Crippen LogP contribution in [0.5, 0.6) is 0 Å². The third-order valence-electron chi connectivity index (χ3n) is 3.75. The van der Waals surface area contributed by atoms with Crippen molar-refractivity contribution in [3.63, 3.8) is 0 Å². The van der Waals surface area contributed by atoms with Crippen molar-refractivity contribution in [2.24, 2.45) is 5.16 Å². The Balaban J connectivity index is 1.94. The van der Waals surface area contributed by atoms with Crippen LogP contribution < -0.4 is 0 Å². The second kappa shape index (κ2) is 5.33. The van der Waals surface area contributed by atoms with Gasteiger partial charge in [0.25, 0.3) is 0 Å². The molecule has 1 aliphatic heterocycles. The number of benzene rings is 1. The summed E-state index contributed by atoms with van der Waals surface area (Å²) in [6.07, 6.45) is 3.55. The molecule has 24 heavy (non-hydrogen) atoms. The Morgan fingerprint density at radius 3 is 2.92 bits per heavy atom. The van der Waals surface area contributed by atoms with E-state index in [1.807, 2.05) is 4.57 Å². The van der Waals surface area contributed by atoms with Crippen LogP contribution in [0.4, 0.5) is 0 Å². The molecule has 0 saturated heterocycles. The minimum absolute atomic E-state index is 0.389. The van der Waals surface area contributed by atoms with Crippen molar-refractivity contribution in [3.8, 4) is 11.4 Å². The highest BCUT2D eigenvalue weighted by Crippen LogP contribution is 2.35. The molecule has 0 amide bonds. The van der Waals surface area contributed by atoms with E-state index in [1.54, 1.807) is 30.7 Å². The molecule has 10 heteroatoms. The SMILES string of the molecule is O=S(=O)(O)O/N=C1/CCn2c(-c3ccoc3)nc3c(Cl)ccc1c32. The molecule has 4 rings (SSSR count). The molecule has 1 N–H and O–H groups in total. The van der Waals surface area contributed by atoms with E-state index < -0.39 is 10.4 Å². The van der Waals surface area contributed by atoms with Crippen LogP contribution >= 0.6 is 11.6 Å². The Kier molecular flexibility index (Phi) is 3.37. The van der Waals surface area contributed by atoms with E-state index in [0.717, 1.165) is 11.1 Å². The summed E-state index contributed by atoms with van der Waals surface area (Å²) in [7, 11) is -4.66. The van der Waals surface area contributed by atoms with Gasteiger partial charge in [-0.1, -0.05) is 16.8 Å². The number of furan rings is 1. The Morgan fingerprint density at radius 1 is 1.38 bits per heavy atom. The van der Waals surface area contributed by atoms with Gasteiger partial charge in [0, 0.05) is 18.5 Å². The van der Waals surface area contributed by atoms with Gasteiger partial charge in [-0.2, -0.15) is 8.42 Å². The minimum Gasteiger partial charge on any atom is -0.472 e. The zero-order valence-electron chi connectivity index (χ0n) is 12.0. The average molecular weight is 368 g/mol. The highest BCUT2D eigenvalue weighted by molar-refractivity contribution is 7.80. The van der Waals surface area contributed by atoms with Gasteiger partial charge in [0.05, 0.1) is 28.1 Å². The van der Waals surface area contributed by atoms with Crippen molar-refractivity contribution < 1.29 is 21.7 Å². The summed E-state index contributed by atoms with van der Waals surface area (Å²) in [4.78, 5) is 4.58. The van der Waals surface area contributed by atoms with Gasteiger partial charge in [-0.3, -0.25) is 4.55 Å². The third-order valence-corrected chi connectivity index (χ3v) is 4.32. The largest absolute Gasteiger partial charge is 0.472 e. The molecular formula is C14H10ClN3O5S. The smallest absolute Gasteiger partial charge is 0.466 e. The lowest BCUT2D eigenvalue weighted by atomic mass is 10.0. The first-order valence-corrected chi connectivity index (χ1v) is 8.63. The van der Waals surface area contributed by atoms with Crippen LogP contribution in [0.2, 0.25) is 5.02 Å². The van der Waals surface area contributed by atoms with Crippen LogP contribution in [-0.4, -0.2) is 28.2 Å². The van der Waals surface area contributed by atoms with Gasteiger partial charge in [-0.25, -0.2) is 9.27 Å². The maximum Gasteiger partial charge on any atom is 0.466 e. The molecule has 0 saturated carbocycles. The van der Waals surface area contributed by atoms with E-state index >= 15 is 0 Å². The van der Waals surface area contributed by atoms with Crippen LogP contribution in [0.15, 0.2) is 40.3 Å². The minimum atomic E-state index is -4.66. The van der Waals surface area contributed by atoms with E-state index in [9.17, 15) is 8.42 Å². The van der Waals surface area contributed by atoms with Crippen LogP contribution in [0, 0.1) is 0 Å². The first-order valence-electron chi connectivity index (χ1n) is 6.88. The number of hydrogen-bond donors (Lipinski definition) is 1. The summed E-state index contributed by atoms with van der Waals surface area (Å²) in [5.41, 5.74) is 3.14. The van der Waals surface area contributed by atoms with Gasteiger partial charge in [-0.15, -0.1) is 0 Å². The van der Waals surface area contributed by atoms with Gasteiger partial charge < -0.3 is 8.98 Å². The van der Waals surface area contributed by atoms with Gasteiger partial charge >= 0.3 is 10.4 Å². The summed E-state index contributed by atoms with van der Waals surface area (Å²) < 4.78 is 41.5. The molecule has 2 aromatic heterocycles. The Bertz CT molecular complexity index is 1070. The molecule has 0 fully saturated rings. The maximum absolute atomic E-state index is 10.8. The number of oxime groups is 1. The standard InChI is InChI=1S/C14H10ClN3O5S/c15-10-2-1-9-11(17-23-24(19,20)21)3-5-18-13(9)12(10)16-14(18)8-4-6-22-7-8/h1-2,4,6-7H,3,5H2,(H,19,20,21)/b17-11-. The van der Waals surface area contributed by atoms with Gasteiger partial charge in [-0.05, 0) is 18.2 Å². The van der Waals surface area contributed by atoms with E-state index in [-0.39, 0.29) is 0 Å². The lowest BCUT2D eigenvalue weighted by Crippen LogP contribution is -2.17. The fourth-order valence-corrected chi connectivity index (χ4v) is 3.19. The summed E-state index contributed by atoms with van der Waals surface area (Å²) >= 11 is 6.25. The number of halogens is 1. The van der Waals surface area contributed by atoms with Crippen LogP contribution in [-0.2, 0) is 21.2 Å². The number of rotatable bonds is 3. The van der Waals surface area contributed by atoms with Crippen molar-refractivity contribution in [1.29, 1.82) is 0 Å². The van der Waals surface area contributed by atoms with Gasteiger partial charge in [0.15, 0.2) is 0 Å². The quantitative estimate of drug-likeness (QED) is 0.563. The first-order chi connectivity index (χ1) is 11.4. The summed E-state index contributed by atoms with van der Waals surface area (Å²) in [5.74, 6) is 0.697. The average Bonchev–Trinajstić information content (AvgIpc) is 3.16. The van der Waals surface area contributed by atoms with Crippen molar-refractivity contribution in [3.05, 3.63) is 41.3 Å². The number of hydrogen-bond acceptors (Lipinski definition) is 6. The Labute approximate surface area is 141 Å². The van der Waals surface area contributed by atoms with Crippen LogP contribution in [0.3, 0.4) is 0 Å². The van der Waals surface area contributed by atoms with Crippen molar-refractivity contribution in [2.45, 2.75) is 13.0 Å². The lowest BCUT2D eigenvalue weighted by Gasteiger charge is -2.18. The van der Waals surface area contributed by atoms with E-state index in [1.165, 1.54) is 0 Å². The molecule has 0 radical (unpaired) electrons. The van der Waals surface area contributed by atoms with Gasteiger partial charge in [0.1, 0.15) is 17.6 Å². The molecule has 3 heterocycles. The number of aromatic nitrogens is 2. The van der Waals surface area contributed by atoms with Crippen molar-refractivity contribution in [2.75, 3.05) is 0 Å². The van der Waals surface area contributed by atoms with Crippen molar-refractivity contribution >= 4 is 38.7 Å². The van der Waals surface area contributed by atoms with E-state index in [2.05, 4.69) is 14.4 Å². The van der Waals surface area contributed by atoms with Crippen LogP contribution in [0.1, 0.15) is 12.0 Å². The third kappa shape index (κ3) is 2.46. The Morgan fingerprint density at radius 2 is 2.21 bits per heavy atom. The Hall–Kier alpha value is -2.36. The van der Waals surface area contributed by atoms with E-state index in [0.29, 0.717) is 40.6 Å². The number of imidazole rings is 1. The summed E-state index contributed by atoms with van der Waals surface area (Å²) in [6.45, 7) is 0.498. The second-order valence-electron chi connectivity index (χ2n) is 5.18. The molecule has 0 spiro atoms. The van der Waals surface area contributed by atoms with E-state index in [4.69, 9.17) is 20.6 Å². The predicted octanol–water partition coefficient (Wildman–Crippen LogP) is 2.88. The molecule has 1 aromatic carbocycles. The molecule has 1 aliphatic rings. The zero-order chi connectivity index (χ0) is 16.9. The fraction of sp³-hybridized carbons (Fsp3) is 0.143. The molecule has 124 valence electrons. The lowest BCUT2D eigenvalue weighted by molar-refractivity contribution is 0.281. The maximum atomic E-state index is 10.8. The number of nitrogens with zero attached hydrogens (tertiary/aromatic N) is 3. The summed E-state index contributed by atoms with van der Waals surface area (Å²) in [6, 6.07) is 5.17. The molecule has 0 atom stereocenters. The van der Waals surface area contributed by atoms with Crippen LogP contribution in [0.25, 0.3) is 22.4 Å². The molecule has 8 nitrogen and oxygen atoms in total. The zero-order valence-corrected chi connectivity index (χ0v) is 13.6. The predicted molar refractivity (Wildman–Crippen MR) is 86.2 cm³/mol. The fourth-order valence-electron chi connectivity index (χ4n) is 2.81. The second-order valence-corrected chi connectivity index (χ2v) is 6.59. The monoisotopic (exact) mass is 367 g/mol. The molecule has 0 aliphatic carbocycles. The molecular weight excluding hydrogens is 358 g/mol. The topological polar surface area (TPSA) is 107 Å². The molecule has 3 aromatic rings. The molecule has 0 bridgehead atoms.